The van der Waals surface area contributed by atoms with Crippen molar-refractivity contribution < 1.29 is 32.2 Å². The molecule has 0 aromatic heterocycles. The molecule has 0 aliphatic rings. The predicted octanol–water partition coefficient (Wildman–Crippen LogP) is 3.80. The highest BCUT2D eigenvalue weighted by Gasteiger charge is 2.57. The van der Waals surface area contributed by atoms with Crippen molar-refractivity contribution in [1.29, 1.82) is 0 Å². The van der Waals surface area contributed by atoms with Gasteiger partial charge in [-0.1, -0.05) is 12.1 Å². The number of hydrogen-bond acceptors (Lipinski definition) is 2. The summed E-state index contributed by atoms with van der Waals surface area (Å²) in [5, 5.41) is 8.66. The number of carboxylic acid groups (broad SMARTS) is 1. The van der Waals surface area contributed by atoms with E-state index in [0.29, 0.717) is 12.0 Å². The summed E-state index contributed by atoms with van der Waals surface area (Å²) in [5.41, 5.74) is 0.657. The third-order valence-electron chi connectivity index (χ3n) is 2.56. The molecule has 0 heterocycles. The molecule has 1 amide bonds. The Kier molecular flexibility index (Phi) is 5.43. The van der Waals surface area contributed by atoms with E-state index in [0.717, 1.165) is 17.0 Å². The minimum atomic E-state index is -4.68. The summed E-state index contributed by atoms with van der Waals surface area (Å²) in [6.07, 6.45) is -5.42. The predicted molar refractivity (Wildman–Crippen MR) is 70.2 cm³/mol. The minimum Gasteiger partial charge on any atom is -0.465 e. The molecule has 9 heteroatoms. The number of carbonyl (C=O) groups is 1. The smallest absolute Gasteiger partial charge is 0.465 e. The number of hydrogen-bond donors (Lipinski definition) is 1. The highest BCUT2D eigenvalue weighted by atomic mass is 79.9. The van der Waals surface area contributed by atoms with Gasteiger partial charge >= 0.3 is 17.0 Å². The Hall–Kier alpha value is -1.51. The van der Waals surface area contributed by atoms with Gasteiger partial charge in [0.25, 0.3) is 0 Å². The normalized spacial score (nSPS) is 12.1. The lowest BCUT2D eigenvalue weighted by molar-refractivity contribution is -0.266. The molecule has 1 aromatic rings. The van der Waals surface area contributed by atoms with Gasteiger partial charge in [0.2, 0.25) is 0 Å². The van der Waals surface area contributed by atoms with Crippen molar-refractivity contribution in [2.75, 3.05) is 13.6 Å². The Morgan fingerprint density at radius 1 is 1.29 bits per heavy atom. The number of nitrogens with zero attached hydrogens (tertiary/aromatic N) is 1. The second kappa shape index (κ2) is 6.50. The summed E-state index contributed by atoms with van der Waals surface area (Å²) in [6.45, 7) is 0.213. The molecule has 1 aromatic carbocycles. The highest BCUT2D eigenvalue weighted by Crippen LogP contribution is 2.40. The lowest BCUT2D eigenvalue weighted by atomic mass is 10.1. The van der Waals surface area contributed by atoms with Crippen molar-refractivity contribution in [1.82, 2.24) is 4.90 Å². The van der Waals surface area contributed by atoms with Crippen molar-refractivity contribution in [3.63, 3.8) is 0 Å². The van der Waals surface area contributed by atoms with Gasteiger partial charge in [0.1, 0.15) is 5.75 Å². The first-order valence-electron chi connectivity index (χ1n) is 5.69. The van der Waals surface area contributed by atoms with Crippen LogP contribution in [-0.2, 0) is 6.42 Å². The van der Waals surface area contributed by atoms with Crippen molar-refractivity contribution >= 4 is 22.0 Å². The van der Waals surface area contributed by atoms with Gasteiger partial charge < -0.3 is 14.7 Å². The van der Waals surface area contributed by atoms with Crippen LogP contribution in [0.3, 0.4) is 0 Å². The summed E-state index contributed by atoms with van der Waals surface area (Å²) in [6, 6.07) is 5.02. The molecule has 0 saturated heterocycles. The minimum absolute atomic E-state index is 0.213. The van der Waals surface area contributed by atoms with Crippen LogP contribution in [0.25, 0.3) is 0 Å². The average molecular weight is 374 g/mol. The van der Waals surface area contributed by atoms with Crippen LogP contribution >= 0.6 is 15.9 Å². The van der Waals surface area contributed by atoms with Crippen LogP contribution in [-0.4, -0.2) is 40.6 Å². The number of rotatable bonds is 6. The van der Waals surface area contributed by atoms with Crippen molar-refractivity contribution in [2.24, 2.45) is 0 Å². The third-order valence-corrected chi connectivity index (χ3v) is 3.02. The molecule has 4 nitrogen and oxygen atoms in total. The molecule has 0 atom stereocenters. The van der Waals surface area contributed by atoms with Gasteiger partial charge in [0.15, 0.2) is 0 Å². The van der Waals surface area contributed by atoms with Gasteiger partial charge in [-0.05, 0) is 24.1 Å². The quantitative estimate of drug-likeness (QED) is 0.609. The van der Waals surface area contributed by atoms with E-state index >= 15 is 0 Å². The molecule has 118 valence electrons. The number of benzene rings is 1. The molecule has 0 aliphatic heterocycles. The van der Waals surface area contributed by atoms with Gasteiger partial charge in [-0.25, -0.2) is 4.79 Å². The Labute approximate surface area is 126 Å². The number of amides is 1. The third kappa shape index (κ3) is 5.07. The van der Waals surface area contributed by atoms with E-state index in [4.69, 9.17) is 5.11 Å². The second-order valence-electron chi connectivity index (χ2n) is 4.21. The van der Waals surface area contributed by atoms with Gasteiger partial charge in [-0.2, -0.15) is 17.6 Å². The molecular formula is C12H12BrF4NO3. The fourth-order valence-electron chi connectivity index (χ4n) is 1.32. The number of ether oxygens (including phenoxy) is 1. The second-order valence-corrected chi connectivity index (χ2v) is 5.21. The zero-order valence-electron chi connectivity index (χ0n) is 10.8. The lowest BCUT2D eigenvalue weighted by Gasteiger charge is -2.22. The molecular weight excluding hydrogens is 362 g/mol. The van der Waals surface area contributed by atoms with Crippen LogP contribution in [0.15, 0.2) is 24.3 Å². The zero-order valence-corrected chi connectivity index (χ0v) is 12.4. The number of alkyl halides is 5. The van der Waals surface area contributed by atoms with E-state index in [1.54, 1.807) is 15.9 Å². The van der Waals surface area contributed by atoms with Crippen molar-refractivity contribution in [3.8, 4) is 5.75 Å². The molecule has 0 saturated carbocycles. The monoisotopic (exact) mass is 373 g/mol. The van der Waals surface area contributed by atoms with Gasteiger partial charge in [-0.15, -0.1) is 0 Å². The summed E-state index contributed by atoms with van der Waals surface area (Å²) in [4.78, 5) is 7.15. The maximum Gasteiger partial charge on any atom is 0.475 e. The molecule has 0 aliphatic carbocycles. The van der Waals surface area contributed by atoms with Crippen LogP contribution < -0.4 is 4.74 Å². The van der Waals surface area contributed by atoms with Crippen LogP contribution in [0.5, 0.6) is 5.75 Å². The van der Waals surface area contributed by atoms with Crippen LogP contribution in [0.2, 0.25) is 0 Å². The van der Waals surface area contributed by atoms with E-state index in [1.807, 2.05) is 0 Å². The van der Waals surface area contributed by atoms with Crippen LogP contribution in [0.4, 0.5) is 22.4 Å². The molecule has 21 heavy (non-hydrogen) atoms. The standard InChI is InChI=1S/C12H12BrF4NO3/c1-18(10(19)20)7-6-8-2-4-9(5-3-8)21-12(16,17)11(13,14)15/h2-5H,6-7H2,1H3,(H,19,20). The SMILES string of the molecule is CN(CCc1ccc(OC(F)(F)C(F)(F)Br)cc1)C(=O)O. The number of likely N-dealkylation sites (N-methyl/N-ethyl adjacent to an activating group) is 1. The summed E-state index contributed by atoms with van der Waals surface area (Å²) >= 11 is 1.56. The van der Waals surface area contributed by atoms with E-state index in [-0.39, 0.29) is 6.54 Å². The van der Waals surface area contributed by atoms with E-state index < -0.39 is 22.8 Å². The maximum atomic E-state index is 13.0. The molecule has 1 rings (SSSR count). The van der Waals surface area contributed by atoms with E-state index in [1.165, 1.54) is 19.2 Å². The number of halogens is 5. The van der Waals surface area contributed by atoms with E-state index in [2.05, 4.69) is 4.74 Å². The summed E-state index contributed by atoms with van der Waals surface area (Å²) in [7, 11) is 1.39. The zero-order chi connectivity index (χ0) is 16.3. The Morgan fingerprint density at radius 3 is 2.24 bits per heavy atom. The first kappa shape index (κ1) is 17.5. The molecule has 0 unspecified atom stereocenters. The lowest BCUT2D eigenvalue weighted by Crippen LogP contribution is -2.40. The first-order chi connectivity index (χ1) is 9.53. The van der Waals surface area contributed by atoms with Crippen molar-refractivity contribution in [3.05, 3.63) is 29.8 Å². The Bertz CT molecular complexity index is 490. The molecule has 0 bridgehead atoms. The van der Waals surface area contributed by atoms with Gasteiger partial charge in [0, 0.05) is 29.5 Å². The molecule has 1 N–H and O–H groups in total. The van der Waals surface area contributed by atoms with Crippen molar-refractivity contribution in [2.45, 2.75) is 17.4 Å². The Balaban J connectivity index is 2.65. The van der Waals surface area contributed by atoms with E-state index in [9.17, 15) is 22.4 Å². The fourth-order valence-corrected chi connectivity index (χ4v) is 1.40. The molecule has 0 spiro atoms. The Morgan fingerprint density at radius 2 is 1.81 bits per heavy atom. The average Bonchev–Trinajstić information content (AvgIpc) is 2.35. The summed E-state index contributed by atoms with van der Waals surface area (Å²) in [5.74, 6) is -0.422. The largest absolute Gasteiger partial charge is 0.475 e. The molecule has 0 fully saturated rings. The van der Waals surface area contributed by atoms with Gasteiger partial charge in [-0.3, -0.25) is 0 Å². The first-order valence-corrected chi connectivity index (χ1v) is 6.49. The summed E-state index contributed by atoms with van der Waals surface area (Å²) < 4.78 is 54.9. The molecule has 0 radical (unpaired) electrons. The van der Waals surface area contributed by atoms with Gasteiger partial charge in [0.05, 0.1) is 0 Å². The van der Waals surface area contributed by atoms with Crippen LogP contribution in [0.1, 0.15) is 5.56 Å². The van der Waals surface area contributed by atoms with Crippen LogP contribution in [0, 0.1) is 0 Å². The fraction of sp³-hybridized carbons (Fsp3) is 0.417. The maximum absolute atomic E-state index is 13.0. The topological polar surface area (TPSA) is 49.8 Å². The highest BCUT2D eigenvalue weighted by molar-refractivity contribution is 9.10.